The molecule has 0 radical (unpaired) electrons. The Balaban J connectivity index is 3.04. The lowest BCUT2D eigenvalue weighted by Gasteiger charge is -2.27. The number of amides is 4. The van der Waals surface area contributed by atoms with Gasteiger partial charge in [-0.15, -0.1) is 0 Å². The first-order chi connectivity index (χ1) is 17.3. The first-order valence-corrected chi connectivity index (χ1v) is 12.5. The zero-order valence-corrected chi connectivity index (χ0v) is 22.3. The second-order valence-corrected chi connectivity index (χ2v) is 9.65. The molecule has 0 saturated heterocycles. The van der Waals surface area contributed by atoms with Crippen LogP contribution in [0, 0.1) is 11.8 Å². The van der Waals surface area contributed by atoms with Crippen molar-refractivity contribution in [1.29, 1.82) is 0 Å². The van der Waals surface area contributed by atoms with Crippen molar-refractivity contribution < 1.29 is 28.7 Å². The summed E-state index contributed by atoms with van der Waals surface area (Å²) in [4.78, 5) is 62.7. The number of carbonyl (C=O) groups is 5. The van der Waals surface area contributed by atoms with E-state index < -0.39 is 60.2 Å². The average Bonchev–Trinajstić information content (AvgIpc) is 2.84. The zero-order chi connectivity index (χ0) is 28.1. The molecule has 5 atom stereocenters. The highest BCUT2D eigenvalue weighted by Crippen LogP contribution is 2.11. The maximum atomic E-state index is 13.2. The lowest BCUT2D eigenvalue weighted by atomic mass is 9.97. The van der Waals surface area contributed by atoms with Gasteiger partial charge in [-0.05, 0) is 30.7 Å². The minimum absolute atomic E-state index is 0.00225. The van der Waals surface area contributed by atoms with Crippen LogP contribution < -0.4 is 27.4 Å². The topological polar surface area (TPSA) is 183 Å². The van der Waals surface area contributed by atoms with Gasteiger partial charge >= 0.3 is 5.97 Å². The SMILES string of the molecule is CC[C@H](C)[C@H](NC(=O)[C@H](CC(=O)OCc1ccccc1)NC(=O)[C@H](N)CC(C)C)C(=O)N[C@H](C)C(N)=O. The van der Waals surface area contributed by atoms with Crippen molar-refractivity contribution in [2.75, 3.05) is 0 Å². The van der Waals surface area contributed by atoms with Crippen molar-refractivity contribution >= 4 is 29.6 Å². The molecule has 1 rings (SSSR count). The average molecular weight is 520 g/mol. The van der Waals surface area contributed by atoms with Crippen LogP contribution in [-0.4, -0.2) is 53.8 Å². The second kappa shape index (κ2) is 15.6. The Kier molecular flexibility index (Phi) is 13.3. The molecule has 0 aromatic heterocycles. The summed E-state index contributed by atoms with van der Waals surface area (Å²) in [5.41, 5.74) is 12.0. The molecule has 11 nitrogen and oxygen atoms in total. The number of hydrogen-bond donors (Lipinski definition) is 5. The quantitative estimate of drug-likeness (QED) is 0.209. The van der Waals surface area contributed by atoms with Crippen LogP contribution in [0.1, 0.15) is 59.4 Å². The lowest BCUT2D eigenvalue weighted by Crippen LogP contribution is -2.59. The van der Waals surface area contributed by atoms with E-state index in [0.717, 1.165) is 5.56 Å². The Labute approximate surface area is 218 Å². The van der Waals surface area contributed by atoms with E-state index in [1.165, 1.54) is 6.92 Å². The molecule has 1 aromatic carbocycles. The van der Waals surface area contributed by atoms with Crippen molar-refractivity contribution in [3.05, 3.63) is 35.9 Å². The number of nitrogens with two attached hydrogens (primary N) is 2. The van der Waals surface area contributed by atoms with Crippen LogP contribution in [0.4, 0.5) is 0 Å². The molecule has 0 saturated carbocycles. The molecule has 4 amide bonds. The predicted octanol–water partition coefficient (Wildman–Crippen LogP) is 0.499. The highest BCUT2D eigenvalue weighted by Gasteiger charge is 2.33. The lowest BCUT2D eigenvalue weighted by molar-refractivity contribution is -0.147. The fraction of sp³-hybridized carbons (Fsp3) is 0.577. The fourth-order valence-electron chi connectivity index (χ4n) is 3.40. The Hall–Kier alpha value is -3.47. The number of primary amides is 1. The van der Waals surface area contributed by atoms with Gasteiger partial charge < -0.3 is 32.2 Å². The summed E-state index contributed by atoms with van der Waals surface area (Å²) in [7, 11) is 0. The van der Waals surface area contributed by atoms with E-state index in [4.69, 9.17) is 16.2 Å². The summed E-state index contributed by atoms with van der Waals surface area (Å²) in [5, 5.41) is 7.61. The van der Waals surface area contributed by atoms with Gasteiger partial charge in [0.05, 0.1) is 12.5 Å². The molecule has 0 bridgehead atoms. The molecular formula is C26H41N5O6. The molecule has 0 fully saturated rings. The molecule has 0 heterocycles. The van der Waals surface area contributed by atoms with Crippen LogP contribution in [-0.2, 0) is 35.3 Å². The van der Waals surface area contributed by atoms with Gasteiger partial charge in [0.25, 0.3) is 0 Å². The molecule has 206 valence electrons. The standard InChI is InChI=1S/C26H41N5O6/c1-6-16(4)22(26(36)29-17(5)23(28)33)31-25(35)20(30-24(34)19(27)12-15(2)3)13-21(32)37-14-18-10-8-7-9-11-18/h7-11,15-17,19-20,22H,6,12-14,27H2,1-5H3,(H2,28,33)(H,29,36)(H,30,34)(H,31,35)/t16-,17+,19+,20-,22-/m0/s1. The molecule has 0 unspecified atom stereocenters. The van der Waals surface area contributed by atoms with Gasteiger partial charge in [-0.3, -0.25) is 24.0 Å². The number of benzene rings is 1. The minimum atomic E-state index is -1.33. The van der Waals surface area contributed by atoms with Crippen LogP contribution in [0.3, 0.4) is 0 Å². The number of hydrogen-bond acceptors (Lipinski definition) is 7. The molecule has 11 heteroatoms. The Morgan fingerprint density at radius 2 is 1.51 bits per heavy atom. The molecule has 1 aromatic rings. The largest absolute Gasteiger partial charge is 0.461 e. The van der Waals surface area contributed by atoms with Gasteiger partial charge in [0.15, 0.2) is 0 Å². The third kappa shape index (κ3) is 11.4. The zero-order valence-electron chi connectivity index (χ0n) is 22.3. The summed E-state index contributed by atoms with van der Waals surface area (Å²) in [5.74, 6) is -3.60. The maximum absolute atomic E-state index is 13.2. The monoisotopic (exact) mass is 519 g/mol. The van der Waals surface area contributed by atoms with E-state index >= 15 is 0 Å². The van der Waals surface area contributed by atoms with Crippen molar-refractivity contribution in [3.8, 4) is 0 Å². The van der Waals surface area contributed by atoms with Gasteiger partial charge in [-0.1, -0.05) is 64.4 Å². The number of ether oxygens (including phenoxy) is 1. The van der Waals surface area contributed by atoms with Crippen LogP contribution >= 0.6 is 0 Å². The van der Waals surface area contributed by atoms with Crippen molar-refractivity contribution in [2.45, 2.75) is 84.7 Å². The Morgan fingerprint density at radius 3 is 2.05 bits per heavy atom. The first-order valence-electron chi connectivity index (χ1n) is 12.5. The summed E-state index contributed by atoms with van der Waals surface area (Å²) >= 11 is 0. The molecule has 0 aliphatic carbocycles. The van der Waals surface area contributed by atoms with Gasteiger partial charge in [0.2, 0.25) is 23.6 Å². The third-order valence-electron chi connectivity index (χ3n) is 5.89. The van der Waals surface area contributed by atoms with E-state index in [0.29, 0.717) is 12.8 Å². The first kappa shape index (κ1) is 31.6. The van der Waals surface area contributed by atoms with E-state index in [1.54, 1.807) is 31.2 Å². The fourth-order valence-corrected chi connectivity index (χ4v) is 3.40. The summed E-state index contributed by atoms with van der Waals surface area (Å²) in [6, 6.07) is 4.79. The van der Waals surface area contributed by atoms with E-state index in [1.807, 2.05) is 26.8 Å². The number of rotatable bonds is 15. The van der Waals surface area contributed by atoms with E-state index in [-0.39, 0.29) is 18.4 Å². The molecule has 0 aliphatic heterocycles. The molecule has 37 heavy (non-hydrogen) atoms. The smallest absolute Gasteiger partial charge is 0.308 e. The second-order valence-electron chi connectivity index (χ2n) is 9.65. The van der Waals surface area contributed by atoms with Gasteiger partial charge in [0.1, 0.15) is 24.7 Å². The Morgan fingerprint density at radius 1 is 0.892 bits per heavy atom. The summed E-state index contributed by atoms with van der Waals surface area (Å²) in [6.45, 7) is 8.82. The van der Waals surface area contributed by atoms with E-state index in [9.17, 15) is 24.0 Å². The van der Waals surface area contributed by atoms with Gasteiger partial charge in [-0.2, -0.15) is 0 Å². The Bertz CT molecular complexity index is 923. The molecule has 7 N–H and O–H groups in total. The number of carbonyl (C=O) groups excluding carboxylic acids is 5. The van der Waals surface area contributed by atoms with E-state index in [2.05, 4.69) is 16.0 Å². The minimum Gasteiger partial charge on any atom is -0.461 e. The van der Waals surface area contributed by atoms with Crippen molar-refractivity contribution in [1.82, 2.24) is 16.0 Å². The molecule has 0 aliphatic rings. The predicted molar refractivity (Wildman–Crippen MR) is 138 cm³/mol. The van der Waals surface area contributed by atoms with Crippen molar-refractivity contribution in [2.24, 2.45) is 23.3 Å². The highest BCUT2D eigenvalue weighted by atomic mass is 16.5. The van der Waals surface area contributed by atoms with Crippen LogP contribution in [0.15, 0.2) is 30.3 Å². The summed E-state index contributed by atoms with van der Waals surface area (Å²) in [6.07, 6.45) is 0.436. The molecule has 0 spiro atoms. The maximum Gasteiger partial charge on any atom is 0.308 e. The normalized spacial score (nSPS) is 15.0. The van der Waals surface area contributed by atoms with Crippen LogP contribution in [0.2, 0.25) is 0 Å². The molecular weight excluding hydrogens is 478 g/mol. The van der Waals surface area contributed by atoms with Crippen LogP contribution in [0.5, 0.6) is 0 Å². The van der Waals surface area contributed by atoms with Crippen molar-refractivity contribution in [3.63, 3.8) is 0 Å². The number of esters is 1. The van der Waals surface area contributed by atoms with Gasteiger partial charge in [-0.25, -0.2) is 0 Å². The number of nitrogens with one attached hydrogen (secondary N) is 3. The van der Waals surface area contributed by atoms with Gasteiger partial charge in [0, 0.05) is 0 Å². The third-order valence-corrected chi connectivity index (χ3v) is 5.89. The van der Waals surface area contributed by atoms with Crippen LogP contribution in [0.25, 0.3) is 0 Å². The summed E-state index contributed by atoms with van der Waals surface area (Å²) < 4.78 is 5.28. The highest BCUT2D eigenvalue weighted by molar-refractivity contribution is 5.96.